The highest BCUT2D eigenvalue weighted by atomic mass is 16.6. The summed E-state index contributed by atoms with van der Waals surface area (Å²) in [6.45, 7) is 6.45. The number of esters is 1. The van der Waals surface area contributed by atoms with Crippen molar-refractivity contribution >= 4 is 11.9 Å². The average molecular weight is 230 g/mol. The maximum absolute atomic E-state index is 10.6. The minimum absolute atomic E-state index is 0.148. The van der Waals surface area contributed by atoms with Gasteiger partial charge in [-0.15, -0.1) is 0 Å². The molecule has 0 aliphatic carbocycles. The van der Waals surface area contributed by atoms with E-state index in [1.807, 2.05) is 0 Å². The van der Waals surface area contributed by atoms with E-state index in [4.69, 9.17) is 14.6 Å². The van der Waals surface area contributed by atoms with Crippen LogP contribution in [0, 0.1) is 0 Å². The van der Waals surface area contributed by atoms with Crippen LogP contribution in [-0.4, -0.2) is 29.8 Å². The van der Waals surface area contributed by atoms with Crippen LogP contribution in [0.4, 0.5) is 0 Å². The van der Waals surface area contributed by atoms with E-state index in [1.54, 1.807) is 13.8 Å². The highest BCUT2D eigenvalue weighted by Gasteiger charge is 2.15. The number of carbonyl (C=O) groups is 2. The van der Waals surface area contributed by atoms with Gasteiger partial charge in [0.05, 0.1) is 6.26 Å². The smallest absolute Gasteiger partial charge is 0.417 e. The quantitative estimate of drug-likeness (QED) is 0.417. The van der Waals surface area contributed by atoms with Crippen molar-refractivity contribution in [1.29, 1.82) is 0 Å². The van der Waals surface area contributed by atoms with Gasteiger partial charge < -0.3 is 19.3 Å². The van der Waals surface area contributed by atoms with Gasteiger partial charge in [-0.3, -0.25) is 0 Å². The summed E-state index contributed by atoms with van der Waals surface area (Å²) in [5.41, 5.74) is 0. The van der Waals surface area contributed by atoms with Crippen LogP contribution in [0.15, 0.2) is 24.9 Å². The molecule has 1 atom stereocenters. The summed E-state index contributed by atoms with van der Waals surface area (Å²) in [7, 11) is 0. The van der Waals surface area contributed by atoms with Crippen LogP contribution < -0.4 is 0 Å². The van der Waals surface area contributed by atoms with Gasteiger partial charge in [0, 0.05) is 0 Å². The van der Waals surface area contributed by atoms with Gasteiger partial charge in [-0.05, 0) is 13.8 Å². The first-order valence-corrected chi connectivity index (χ1v) is 4.47. The Bertz CT molecular complexity index is 294. The highest BCUT2D eigenvalue weighted by molar-refractivity contribution is 6.28. The van der Waals surface area contributed by atoms with E-state index in [-0.39, 0.29) is 6.61 Å². The predicted octanol–water partition coefficient (Wildman–Crippen LogP) is 1.04. The van der Waals surface area contributed by atoms with Crippen LogP contribution in [0.1, 0.15) is 13.8 Å². The Morgan fingerprint density at radius 2 is 2.12 bits per heavy atom. The van der Waals surface area contributed by atoms with Crippen molar-refractivity contribution in [2.24, 2.45) is 0 Å². The lowest BCUT2D eigenvalue weighted by Gasteiger charge is -2.13. The Morgan fingerprint density at radius 1 is 1.50 bits per heavy atom. The molecule has 0 bridgehead atoms. The first-order valence-electron chi connectivity index (χ1n) is 4.47. The molecule has 1 unspecified atom stereocenters. The minimum atomic E-state index is -1.63. The maximum atomic E-state index is 10.6. The Kier molecular flexibility index (Phi) is 6.42. The molecule has 0 aromatic rings. The molecule has 0 spiro atoms. The summed E-state index contributed by atoms with van der Waals surface area (Å²) in [5, 5.41) is 8.24. The zero-order valence-corrected chi connectivity index (χ0v) is 9.13. The molecule has 0 aromatic heterocycles. The summed E-state index contributed by atoms with van der Waals surface area (Å²) in [6.07, 6.45) is 2.08. The van der Waals surface area contributed by atoms with Gasteiger partial charge in [-0.2, -0.15) is 0 Å². The number of carboxylic acids is 1. The second-order valence-corrected chi connectivity index (χ2v) is 2.86. The van der Waals surface area contributed by atoms with Crippen LogP contribution in [0.3, 0.4) is 0 Å². The first kappa shape index (κ1) is 14.0. The number of carbonyl (C=O) groups excluding carboxylic acids is 1. The summed E-state index contributed by atoms with van der Waals surface area (Å²) >= 11 is 0. The first-order chi connectivity index (χ1) is 7.47. The monoisotopic (exact) mass is 230 g/mol. The number of allylic oxidation sites excluding steroid dienone is 1. The topological polar surface area (TPSA) is 82.1 Å². The summed E-state index contributed by atoms with van der Waals surface area (Å²) in [4.78, 5) is 20.7. The minimum Gasteiger partial charge on any atom is -0.489 e. The average Bonchev–Trinajstić information content (AvgIpc) is 2.22. The molecular formula is C10H14O6. The van der Waals surface area contributed by atoms with Crippen LogP contribution in [0.5, 0.6) is 0 Å². The van der Waals surface area contributed by atoms with Crippen LogP contribution >= 0.6 is 0 Å². The zero-order chi connectivity index (χ0) is 12.6. The lowest BCUT2D eigenvalue weighted by molar-refractivity contribution is -0.165. The van der Waals surface area contributed by atoms with Gasteiger partial charge in [-0.25, -0.2) is 9.59 Å². The molecule has 0 saturated heterocycles. The summed E-state index contributed by atoms with van der Waals surface area (Å²) in [5.74, 6) is -2.48. The molecule has 0 amide bonds. The number of ether oxygens (including phenoxy) is 3. The SMILES string of the molecule is C=COC=C(C)OC(C)COC(=O)C(=O)O. The number of aliphatic carboxylic acids is 1. The second kappa shape index (κ2) is 7.33. The lowest BCUT2D eigenvalue weighted by atomic mass is 10.4. The van der Waals surface area contributed by atoms with Gasteiger partial charge in [0.2, 0.25) is 0 Å². The second-order valence-electron chi connectivity index (χ2n) is 2.86. The molecule has 0 aliphatic heterocycles. The molecule has 0 heterocycles. The molecule has 0 aromatic carbocycles. The third kappa shape index (κ3) is 6.47. The number of hydrogen-bond donors (Lipinski definition) is 1. The summed E-state index contributed by atoms with van der Waals surface area (Å²) in [6, 6.07) is 0. The van der Waals surface area contributed by atoms with Gasteiger partial charge in [0.25, 0.3) is 0 Å². The Labute approximate surface area is 93.1 Å². The Balaban J connectivity index is 3.90. The largest absolute Gasteiger partial charge is 0.489 e. The van der Waals surface area contributed by atoms with Crippen LogP contribution in [0.2, 0.25) is 0 Å². The van der Waals surface area contributed by atoms with Crippen LogP contribution in [-0.2, 0) is 23.8 Å². The third-order valence-electron chi connectivity index (χ3n) is 1.34. The number of hydrogen-bond acceptors (Lipinski definition) is 5. The molecule has 16 heavy (non-hydrogen) atoms. The molecule has 6 nitrogen and oxygen atoms in total. The van der Waals surface area contributed by atoms with Crippen LogP contribution in [0.25, 0.3) is 0 Å². The fraction of sp³-hybridized carbons (Fsp3) is 0.400. The number of rotatable bonds is 6. The lowest BCUT2D eigenvalue weighted by Crippen LogP contribution is -2.23. The van der Waals surface area contributed by atoms with Crippen molar-refractivity contribution in [2.75, 3.05) is 6.61 Å². The van der Waals surface area contributed by atoms with Gasteiger partial charge in [0.15, 0.2) is 0 Å². The normalized spacial score (nSPS) is 12.5. The summed E-state index contributed by atoms with van der Waals surface area (Å²) < 4.78 is 14.4. The third-order valence-corrected chi connectivity index (χ3v) is 1.34. The van der Waals surface area contributed by atoms with Gasteiger partial charge in [0.1, 0.15) is 24.7 Å². The molecule has 90 valence electrons. The van der Waals surface area contributed by atoms with Crippen molar-refractivity contribution in [2.45, 2.75) is 20.0 Å². The molecule has 0 saturated carbocycles. The van der Waals surface area contributed by atoms with Crippen molar-refractivity contribution in [1.82, 2.24) is 0 Å². The standard InChI is InChI=1S/C10H14O6/c1-4-14-5-7(2)16-8(3)6-15-10(13)9(11)12/h4-5,8H,1,6H2,2-3H3,(H,11,12). The maximum Gasteiger partial charge on any atom is 0.417 e. The molecule has 6 heteroatoms. The predicted molar refractivity (Wildman–Crippen MR) is 54.2 cm³/mol. The molecule has 0 fully saturated rings. The van der Waals surface area contributed by atoms with E-state index in [1.165, 1.54) is 12.5 Å². The van der Waals surface area contributed by atoms with Gasteiger partial charge in [-0.1, -0.05) is 6.58 Å². The molecular weight excluding hydrogens is 216 g/mol. The zero-order valence-electron chi connectivity index (χ0n) is 9.13. The molecule has 0 rings (SSSR count). The van der Waals surface area contributed by atoms with E-state index in [0.29, 0.717) is 5.76 Å². The molecule has 1 N–H and O–H groups in total. The number of carboxylic acid groups (broad SMARTS) is 1. The Morgan fingerprint density at radius 3 is 2.62 bits per heavy atom. The van der Waals surface area contributed by atoms with E-state index in [9.17, 15) is 9.59 Å². The fourth-order valence-corrected chi connectivity index (χ4v) is 0.778. The van der Waals surface area contributed by atoms with E-state index < -0.39 is 18.0 Å². The van der Waals surface area contributed by atoms with Crippen molar-refractivity contribution in [3.63, 3.8) is 0 Å². The fourth-order valence-electron chi connectivity index (χ4n) is 0.778. The van der Waals surface area contributed by atoms with Gasteiger partial charge >= 0.3 is 11.9 Å². The van der Waals surface area contributed by atoms with Crippen molar-refractivity contribution in [3.05, 3.63) is 24.9 Å². The molecule has 0 aliphatic rings. The Hall–Kier alpha value is -1.98. The van der Waals surface area contributed by atoms with E-state index in [0.717, 1.165) is 0 Å². The van der Waals surface area contributed by atoms with Crippen molar-refractivity contribution < 1.29 is 28.9 Å². The van der Waals surface area contributed by atoms with E-state index >= 15 is 0 Å². The highest BCUT2D eigenvalue weighted by Crippen LogP contribution is 2.02. The van der Waals surface area contributed by atoms with E-state index in [2.05, 4.69) is 11.3 Å². The molecule has 0 radical (unpaired) electrons. The van der Waals surface area contributed by atoms with Crippen molar-refractivity contribution in [3.8, 4) is 0 Å².